The Morgan fingerprint density at radius 1 is 1.15 bits per heavy atom. The Balaban J connectivity index is 1.62. The van der Waals surface area contributed by atoms with E-state index in [4.69, 9.17) is 0 Å². The van der Waals surface area contributed by atoms with Crippen LogP contribution in [0.5, 0.6) is 0 Å². The van der Waals surface area contributed by atoms with Gasteiger partial charge in [0.1, 0.15) is 12.7 Å². The summed E-state index contributed by atoms with van der Waals surface area (Å²) >= 11 is 0. The number of carbonyl (C=O) groups excluding carboxylic acids is 2. The van der Waals surface area contributed by atoms with E-state index in [-0.39, 0.29) is 24.3 Å². The van der Waals surface area contributed by atoms with Crippen LogP contribution in [0.4, 0.5) is 0 Å². The van der Waals surface area contributed by atoms with Crippen LogP contribution >= 0.6 is 0 Å². The smallest absolute Gasteiger partial charge is 0.256 e. The van der Waals surface area contributed by atoms with Crippen molar-refractivity contribution in [2.45, 2.75) is 12.5 Å². The number of amides is 2. The molecule has 3 aromatic rings. The number of carbonyl (C=O) groups is 2. The maximum Gasteiger partial charge on any atom is 0.256 e. The fourth-order valence-corrected chi connectivity index (χ4v) is 3.19. The predicted octanol–water partition coefficient (Wildman–Crippen LogP) is 1.37. The zero-order valence-corrected chi connectivity index (χ0v) is 14.5. The zero-order chi connectivity index (χ0) is 18.6. The van der Waals surface area contributed by atoms with E-state index in [0.717, 1.165) is 5.56 Å². The molecule has 4 rings (SSSR count). The standard InChI is InChI=1S/C19H18N6O2/c26-18-10-16(14-4-2-1-3-5-14)24(9-8-21-18)19(27)15-6-7-17(22-11-15)25-13-20-12-23-25/h1-7,11-13,16H,8-10H2,(H,21,26). The van der Waals surface area contributed by atoms with E-state index in [1.54, 1.807) is 23.4 Å². The first kappa shape index (κ1) is 16.9. The molecule has 1 aliphatic rings. The molecule has 1 aromatic carbocycles. The van der Waals surface area contributed by atoms with Gasteiger partial charge in [-0.3, -0.25) is 9.59 Å². The normalized spacial score (nSPS) is 17.3. The summed E-state index contributed by atoms with van der Waals surface area (Å²) < 4.78 is 1.52. The molecule has 1 unspecified atom stereocenters. The molecule has 1 fully saturated rings. The van der Waals surface area contributed by atoms with E-state index < -0.39 is 0 Å². The molecule has 1 saturated heterocycles. The molecule has 0 spiro atoms. The summed E-state index contributed by atoms with van der Waals surface area (Å²) in [5.41, 5.74) is 1.41. The molecular formula is C19H18N6O2. The molecule has 0 aliphatic carbocycles. The van der Waals surface area contributed by atoms with Gasteiger partial charge < -0.3 is 10.2 Å². The summed E-state index contributed by atoms with van der Waals surface area (Å²) in [6, 6.07) is 12.8. The van der Waals surface area contributed by atoms with Crippen LogP contribution in [0.2, 0.25) is 0 Å². The number of benzene rings is 1. The minimum atomic E-state index is -0.309. The monoisotopic (exact) mass is 362 g/mol. The Morgan fingerprint density at radius 2 is 2.00 bits per heavy atom. The number of rotatable bonds is 3. The predicted molar refractivity (Wildman–Crippen MR) is 97.0 cm³/mol. The lowest BCUT2D eigenvalue weighted by atomic mass is 10.0. The Kier molecular flexibility index (Phi) is 4.61. The van der Waals surface area contributed by atoms with Gasteiger partial charge in [-0.1, -0.05) is 30.3 Å². The van der Waals surface area contributed by atoms with Crippen molar-refractivity contribution in [3.63, 3.8) is 0 Å². The molecule has 8 nitrogen and oxygen atoms in total. The van der Waals surface area contributed by atoms with Gasteiger partial charge >= 0.3 is 0 Å². The van der Waals surface area contributed by atoms with Crippen LogP contribution in [0.3, 0.4) is 0 Å². The Bertz CT molecular complexity index is 925. The molecule has 1 aliphatic heterocycles. The quantitative estimate of drug-likeness (QED) is 0.759. The highest BCUT2D eigenvalue weighted by atomic mass is 16.2. The van der Waals surface area contributed by atoms with E-state index in [2.05, 4.69) is 20.4 Å². The molecule has 8 heteroatoms. The van der Waals surface area contributed by atoms with E-state index in [0.29, 0.717) is 24.5 Å². The number of pyridine rings is 1. The van der Waals surface area contributed by atoms with Crippen molar-refractivity contribution >= 4 is 11.8 Å². The highest BCUT2D eigenvalue weighted by Gasteiger charge is 2.30. The molecule has 0 radical (unpaired) electrons. The van der Waals surface area contributed by atoms with Crippen molar-refractivity contribution in [2.75, 3.05) is 13.1 Å². The average Bonchev–Trinajstić information content (AvgIpc) is 3.18. The maximum absolute atomic E-state index is 13.2. The van der Waals surface area contributed by atoms with E-state index in [1.165, 1.54) is 17.2 Å². The van der Waals surface area contributed by atoms with Crippen molar-refractivity contribution in [1.29, 1.82) is 0 Å². The zero-order valence-electron chi connectivity index (χ0n) is 14.5. The maximum atomic E-state index is 13.2. The van der Waals surface area contributed by atoms with Gasteiger partial charge in [-0.15, -0.1) is 0 Å². The molecule has 3 heterocycles. The van der Waals surface area contributed by atoms with Crippen molar-refractivity contribution in [3.8, 4) is 5.82 Å². The second-order valence-electron chi connectivity index (χ2n) is 6.22. The summed E-state index contributed by atoms with van der Waals surface area (Å²) in [6.07, 6.45) is 4.73. The molecule has 136 valence electrons. The first-order valence-electron chi connectivity index (χ1n) is 8.66. The minimum Gasteiger partial charge on any atom is -0.354 e. The van der Waals surface area contributed by atoms with Crippen LogP contribution in [-0.4, -0.2) is 49.6 Å². The third-order valence-corrected chi connectivity index (χ3v) is 4.52. The second-order valence-corrected chi connectivity index (χ2v) is 6.22. The largest absolute Gasteiger partial charge is 0.354 e. The summed E-state index contributed by atoms with van der Waals surface area (Å²) in [6.45, 7) is 0.868. The van der Waals surface area contributed by atoms with Crippen LogP contribution in [0.1, 0.15) is 28.4 Å². The van der Waals surface area contributed by atoms with E-state index in [1.807, 2.05) is 30.3 Å². The number of nitrogens with one attached hydrogen (secondary N) is 1. The van der Waals surface area contributed by atoms with Gasteiger partial charge in [-0.25, -0.2) is 14.6 Å². The fraction of sp³-hybridized carbons (Fsp3) is 0.211. The SMILES string of the molecule is O=C1CC(c2ccccc2)N(C(=O)c2ccc(-n3cncn3)nc2)CCN1. The lowest BCUT2D eigenvalue weighted by Crippen LogP contribution is -2.36. The van der Waals surface area contributed by atoms with Gasteiger partial charge in [-0.05, 0) is 17.7 Å². The number of nitrogens with zero attached hydrogens (tertiary/aromatic N) is 5. The van der Waals surface area contributed by atoms with Crippen molar-refractivity contribution in [1.82, 2.24) is 30.0 Å². The molecular weight excluding hydrogens is 344 g/mol. The molecule has 2 amide bonds. The van der Waals surface area contributed by atoms with Crippen LogP contribution < -0.4 is 5.32 Å². The van der Waals surface area contributed by atoms with Gasteiger partial charge in [-0.2, -0.15) is 5.10 Å². The number of aromatic nitrogens is 4. The van der Waals surface area contributed by atoms with Gasteiger partial charge in [0.05, 0.1) is 18.0 Å². The van der Waals surface area contributed by atoms with Crippen molar-refractivity contribution < 1.29 is 9.59 Å². The van der Waals surface area contributed by atoms with Crippen LogP contribution in [-0.2, 0) is 4.79 Å². The molecule has 1 atom stereocenters. The Morgan fingerprint density at radius 3 is 2.70 bits per heavy atom. The summed E-state index contributed by atoms with van der Waals surface area (Å²) in [5.74, 6) is 0.369. The fourth-order valence-electron chi connectivity index (χ4n) is 3.19. The first-order chi connectivity index (χ1) is 13.2. The summed E-state index contributed by atoms with van der Waals surface area (Å²) in [5, 5.41) is 6.87. The lowest BCUT2D eigenvalue weighted by molar-refractivity contribution is -0.121. The lowest BCUT2D eigenvalue weighted by Gasteiger charge is -2.29. The summed E-state index contributed by atoms with van der Waals surface area (Å²) in [7, 11) is 0. The molecule has 1 N–H and O–H groups in total. The van der Waals surface area contributed by atoms with E-state index in [9.17, 15) is 9.59 Å². The van der Waals surface area contributed by atoms with Crippen molar-refractivity contribution in [2.24, 2.45) is 0 Å². The number of hydrogen-bond donors (Lipinski definition) is 1. The van der Waals surface area contributed by atoms with Gasteiger partial charge in [0.2, 0.25) is 5.91 Å². The van der Waals surface area contributed by atoms with Gasteiger partial charge in [0.15, 0.2) is 5.82 Å². The summed E-state index contributed by atoms with van der Waals surface area (Å²) in [4.78, 5) is 35.2. The Labute approximate surface area is 155 Å². The van der Waals surface area contributed by atoms with E-state index >= 15 is 0 Å². The molecule has 0 bridgehead atoms. The first-order valence-corrected chi connectivity index (χ1v) is 8.66. The second kappa shape index (κ2) is 7.36. The third kappa shape index (κ3) is 3.55. The third-order valence-electron chi connectivity index (χ3n) is 4.52. The minimum absolute atomic E-state index is 0.0567. The average molecular weight is 362 g/mol. The highest BCUT2D eigenvalue weighted by Crippen LogP contribution is 2.27. The van der Waals surface area contributed by atoms with Crippen molar-refractivity contribution in [3.05, 3.63) is 72.4 Å². The van der Waals surface area contributed by atoms with Crippen LogP contribution in [0.25, 0.3) is 5.82 Å². The van der Waals surface area contributed by atoms with Crippen LogP contribution in [0.15, 0.2) is 61.3 Å². The highest BCUT2D eigenvalue weighted by molar-refractivity contribution is 5.95. The Hall–Kier alpha value is -3.55. The van der Waals surface area contributed by atoms with Gasteiger partial charge in [0.25, 0.3) is 5.91 Å². The molecule has 0 saturated carbocycles. The van der Waals surface area contributed by atoms with Crippen LogP contribution in [0, 0.1) is 0 Å². The number of hydrogen-bond acceptors (Lipinski definition) is 5. The molecule has 2 aromatic heterocycles. The molecule has 27 heavy (non-hydrogen) atoms. The van der Waals surface area contributed by atoms with Gasteiger partial charge in [0, 0.05) is 19.3 Å². The topological polar surface area (TPSA) is 93.0 Å².